The van der Waals surface area contributed by atoms with Crippen molar-refractivity contribution in [1.82, 2.24) is 4.72 Å². The Hall–Kier alpha value is -2.66. The molecule has 0 heterocycles. The van der Waals surface area contributed by atoms with Crippen molar-refractivity contribution in [2.24, 2.45) is 0 Å². The SMILES string of the molecule is CCOC(=O)CC[C@H](NS(=O)(=O)c1ccc(NC(=O)OCC)cc1)C(=O)OCC. The number of hydrogen-bond acceptors (Lipinski definition) is 8. The summed E-state index contributed by atoms with van der Waals surface area (Å²) in [7, 11) is -4.09. The van der Waals surface area contributed by atoms with Crippen molar-refractivity contribution in [3.63, 3.8) is 0 Å². The van der Waals surface area contributed by atoms with E-state index in [1.165, 1.54) is 24.3 Å². The van der Waals surface area contributed by atoms with Crippen LogP contribution < -0.4 is 10.0 Å². The zero-order valence-corrected chi connectivity index (χ0v) is 17.4. The standard InChI is InChI=1S/C18H26N2O8S/c1-4-26-16(21)12-11-15(17(22)27-5-2)20-29(24,25)14-9-7-13(8-10-14)19-18(23)28-6-3/h7-10,15,20H,4-6,11-12H2,1-3H3,(H,19,23)/t15-/m0/s1. The monoisotopic (exact) mass is 430 g/mol. The summed E-state index contributed by atoms with van der Waals surface area (Å²) in [5.74, 6) is -1.34. The molecule has 0 fully saturated rings. The van der Waals surface area contributed by atoms with Crippen molar-refractivity contribution in [2.45, 2.75) is 44.6 Å². The second-order valence-corrected chi connectivity index (χ2v) is 7.35. The first kappa shape index (κ1) is 24.4. The number of esters is 2. The van der Waals surface area contributed by atoms with E-state index in [1.54, 1.807) is 20.8 Å². The van der Waals surface area contributed by atoms with Crippen LogP contribution in [-0.4, -0.2) is 52.3 Å². The van der Waals surface area contributed by atoms with Gasteiger partial charge in [-0.05, 0) is 51.5 Å². The number of carbonyl (C=O) groups excluding carboxylic acids is 3. The highest BCUT2D eigenvalue weighted by atomic mass is 32.2. The smallest absolute Gasteiger partial charge is 0.411 e. The lowest BCUT2D eigenvalue weighted by atomic mass is 10.2. The molecule has 0 bridgehead atoms. The van der Waals surface area contributed by atoms with E-state index in [9.17, 15) is 22.8 Å². The third kappa shape index (κ3) is 8.48. The highest BCUT2D eigenvalue weighted by Crippen LogP contribution is 2.16. The summed E-state index contributed by atoms with van der Waals surface area (Å²) in [6, 6.07) is 4.03. The average molecular weight is 430 g/mol. The molecule has 2 N–H and O–H groups in total. The van der Waals surface area contributed by atoms with Crippen LogP contribution in [0.1, 0.15) is 33.6 Å². The van der Waals surface area contributed by atoms with Crippen molar-refractivity contribution in [3.8, 4) is 0 Å². The number of carbonyl (C=O) groups is 3. The Morgan fingerprint density at radius 2 is 1.52 bits per heavy atom. The van der Waals surface area contributed by atoms with Crippen LogP contribution in [0, 0.1) is 0 Å². The maximum absolute atomic E-state index is 12.6. The number of sulfonamides is 1. The molecule has 1 amide bonds. The van der Waals surface area contributed by atoms with Gasteiger partial charge in [-0.15, -0.1) is 0 Å². The first-order valence-corrected chi connectivity index (χ1v) is 10.6. The normalized spacial score (nSPS) is 12.0. The minimum atomic E-state index is -4.09. The summed E-state index contributed by atoms with van der Waals surface area (Å²) in [5, 5.41) is 2.44. The third-order valence-electron chi connectivity index (χ3n) is 3.50. The lowest BCUT2D eigenvalue weighted by molar-refractivity contribution is -0.146. The van der Waals surface area contributed by atoms with E-state index in [4.69, 9.17) is 14.2 Å². The van der Waals surface area contributed by atoms with Crippen molar-refractivity contribution < 1.29 is 37.0 Å². The Morgan fingerprint density at radius 1 is 0.931 bits per heavy atom. The molecule has 0 saturated heterocycles. The molecule has 1 aromatic carbocycles. The number of nitrogens with one attached hydrogen (secondary N) is 2. The molecule has 0 aliphatic carbocycles. The van der Waals surface area contributed by atoms with Crippen LogP contribution in [0.15, 0.2) is 29.2 Å². The largest absolute Gasteiger partial charge is 0.466 e. The Balaban J connectivity index is 2.88. The van der Waals surface area contributed by atoms with Crippen molar-refractivity contribution in [3.05, 3.63) is 24.3 Å². The van der Waals surface area contributed by atoms with E-state index in [0.717, 1.165) is 0 Å². The van der Waals surface area contributed by atoms with Crippen molar-refractivity contribution >= 4 is 33.7 Å². The summed E-state index contributed by atoms with van der Waals surface area (Å²) in [6.45, 7) is 5.32. The Bertz CT molecular complexity index is 793. The molecule has 0 spiro atoms. The van der Waals surface area contributed by atoms with E-state index in [0.29, 0.717) is 5.69 Å². The van der Waals surface area contributed by atoms with Crippen LogP contribution in [0.25, 0.3) is 0 Å². The molecule has 0 aliphatic rings. The Morgan fingerprint density at radius 3 is 2.07 bits per heavy atom. The van der Waals surface area contributed by atoms with Gasteiger partial charge in [0.1, 0.15) is 6.04 Å². The second-order valence-electron chi connectivity index (χ2n) is 5.64. The highest BCUT2D eigenvalue weighted by Gasteiger charge is 2.27. The molecule has 0 aliphatic heterocycles. The van der Waals surface area contributed by atoms with Crippen LogP contribution in [0.2, 0.25) is 0 Å². The van der Waals surface area contributed by atoms with Crippen LogP contribution in [0.3, 0.4) is 0 Å². The highest BCUT2D eigenvalue weighted by molar-refractivity contribution is 7.89. The number of hydrogen-bond donors (Lipinski definition) is 2. The van der Waals surface area contributed by atoms with Gasteiger partial charge >= 0.3 is 18.0 Å². The van der Waals surface area contributed by atoms with Gasteiger partial charge in [-0.25, -0.2) is 13.2 Å². The Labute approximate surface area is 169 Å². The van der Waals surface area contributed by atoms with Gasteiger partial charge in [0.05, 0.1) is 24.7 Å². The molecule has 162 valence electrons. The number of rotatable bonds is 11. The zero-order valence-electron chi connectivity index (χ0n) is 16.6. The predicted octanol–water partition coefficient (Wildman–Crippen LogP) is 1.81. The number of ether oxygens (including phenoxy) is 3. The van der Waals surface area contributed by atoms with E-state index >= 15 is 0 Å². The average Bonchev–Trinajstić information content (AvgIpc) is 2.66. The lowest BCUT2D eigenvalue weighted by Gasteiger charge is -2.17. The van der Waals surface area contributed by atoms with Gasteiger partial charge in [0.25, 0.3) is 0 Å². The fourth-order valence-corrected chi connectivity index (χ4v) is 3.44. The van der Waals surface area contributed by atoms with Crippen LogP contribution in [-0.2, 0) is 33.8 Å². The van der Waals surface area contributed by atoms with Gasteiger partial charge in [0.15, 0.2) is 0 Å². The first-order chi connectivity index (χ1) is 13.7. The fraction of sp³-hybridized carbons (Fsp3) is 0.500. The van der Waals surface area contributed by atoms with E-state index in [1.807, 2.05) is 0 Å². The number of anilines is 1. The molecule has 0 radical (unpaired) electrons. The van der Waals surface area contributed by atoms with E-state index in [-0.39, 0.29) is 37.6 Å². The van der Waals surface area contributed by atoms with Crippen LogP contribution in [0.4, 0.5) is 10.5 Å². The predicted molar refractivity (Wildman–Crippen MR) is 104 cm³/mol. The van der Waals surface area contributed by atoms with Crippen molar-refractivity contribution in [1.29, 1.82) is 0 Å². The van der Waals surface area contributed by atoms with Gasteiger partial charge in [-0.3, -0.25) is 14.9 Å². The maximum Gasteiger partial charge on any atom is 0.411 e. The second kappa shape index (κ2) is 12.0. The van der Waals surface area contributed by atoms with Gasteiger partial charge in [-0.1, -0.05) is 0 Å². The molecule has 0 saturated carbocycles. The topological polar surface area (TPSA) is 137 Å². The van der Waals surface area contributed by atoms with E-state index in [2.05, 4.69) is 10.0 Å². The summed E-state index contributed by atoms with van der Waals surface area (Å²) in [5.41, 5.74) is 0.339. The molecule has 1 aromatic rings. The van der Waals surface area contributed by atoms with Crippen molar-refractivity contribution in [2.75, 3.05) is 25.1 Å². The molecule has 29 heavy (non-hydrogen) atoms. The van der Waals surface area contributed by atoms with Crippen LogP contribution >= 0.6 is 0 Å². The summed E-state index contributed by atoms with van der Waals surface area (Å²) < 4.78 is 41.9. The Kier molecular flexibility index (Phi) is 10.1. The maximum atomic E-state index is 12.6. The number of benzene rings is 1. The van der Waals surface area contributed by atoms with Crippen LogP contribution in [0.5, 0.6) is 0 Å². The number of amides is 1. The quantitative estimate of drug-likeness (QED) is 0.400. The zero-order chi connectivity index (χ0) is 21.9. The van der Waals surface area contributed by atoms with Gasteiger partial charge < -0.3 is 14.2 Å². The third-order valence-corrected chi connectivity index (χ3v) is 4.99. The fourth-order valence-electron chi connectivity index (χ4n) is 2.22. The molecule has 0 aromatic heterocycles. The molecular weight excluding hydrogens is 404 g/mol. The molecule has 0 unspecified atom stereocenters. The first-order valence-electron chi connectivity index (χ1n) is 9.11. The molecule has 11 heteroatoms. The molecule has 1 atom stereocenters. The van der Waals surface area contributed by atoms with Gasteiger partial charge in [-0.2, -0.15) is 4.72 Å². The van der Waals surface area contributed by atoms with Gasteiger partial charge in [0.2, 0.25) is 10.0 Å². The van der Waals surface area contributed by atoms with E-state index < -0.39 is 34.1 Å². The minimum absolute atomic E-state index is 0.0602. The van der Waals surface area contributed by atoms with Gasteiger partial charge in [0, 0.05) is 12.1 Å². The minimum Gasteiger partial charge on any atom is -0.466 e. The molecule has 1 rings (SSSR count). The summed E-state index contributed by atoms with van der Waals surface area (Å²) in [4.78, 5) is 34.9. The molecular formula is C18H26N2O8S. The summed E-state index contributed by atoms with van der Waals surface area (Å²) in [6.07, 6.45) is -0.927. The summed E-state index contributed by atoms with van der Waals surface area (Å²) >= 11 is 0. The lowest BCUT2D eigenvalue weighted by Crippen LogP contribution is -2.42. The molecule has 10 nitrogen and oxygen atoms in total.